The Hall–Kier alpha value is -1.24. The first-order valence-corrected chi connectivity index (χ1v) is 6.78. The number of esters is 2. The highest BCUT2D eigenvalue weighted by atomic mass is 35.6. The molecule has 0 bridgehead atoms. The van der Waals surface area contributed by atoms with Gasteiger partial charge in [-0.3, -0.25) is 9.59 Å². The molecule has 0 saturated carbocycles. The predicted octanol–water partition coefficient (Wildman–Crippen LogP) is 2.32. The molecule has 1 atom stereocenters. The maximum Gasteiger partial charge on any atom is 0.329 e. The Morgan fingerprint density at radius 3 is 2.33 bits per heavy atom. The molecule has 0 N–H and O–H groups in total. The highest BCUT2D eigenvalue weighted by molar-refractivity contribution is 6.77. The van der Waals surface area contributed by atoms with Gasteiger partial charge in [0.1, 0.15) is 6.04 Å². The zero-order valence-electron chi connectivity index (χ0n) is 11.1. The van der Waals surface area contributed by atoms with Gasteiger partial charge in [-0.15, -0.1) is 0 Å². The third kappa shape index (κ3) is 4.36. The van der Waals surface area contributed by atoms with Crippen LogP contribution < -0.4 is 0 Å². The number of hydrogen-bond donors (Lipinski definition) is 0. The van der Waals surface area contributed by atoms with Crippen molar-refractivity contribution in [3.8, 4) is 0 Å². The zero-order chi connectivity index (χ0) is 16.2. The van der Waals surface area contributed by atoms with Gasteiger partial charge in [0.05, 0.1) is 26.3 Å². The summed E-state index contributed by atoms with van der Waals surface area (Å²) < 4.78 is 8.18. The van der Waals surface area contributed by atoms with E-state index < -0.39 is 27.6 Å². The van der Waals surface area contributed by atoms with Crippen molar-refractivity contribution in [2.24, 2.45) is 0 Å². The molecule has 116 valence electrons. The minimum atomic E-state index is -2.18. The molecule has 1 aromatic rings. The molecule has 0 amide bonds. The molecule has 0 spiro atoms. The fourth-order valence-electron chi connectivity index (χ4n) is 1.68. The van der Waals surface area contributed by atoms with Gasteiger partial charge in [0.15, 0.2) is 0 Å². The number of aromatic nitrogens is 1. The largest absolute Gasteiger partial charge is 0.469 e. The van der Waals surface area contributed by atoms with Crippen LogP contribution in [0.5, 0.6) is 0 Å². The lowest BCUT2D eigenvalue weighted by molar-refractivity contribution is -0.151. The third-order valence-corrected chi connectivity index (χ3v) is 3.18. The predicted molar refractivity (Wildman–Crippen MR) is 76.7 cm³/mol. The molecule has 0 aromatic carbocycles. The summed E-state index contributed by atoms with van der Waals surface area (Å²) in [5.41, 5.74) is -0.0331. The van der Waals surface area contributed by atoms with Crippen molar-refractivity contribution < 1.29 is 23.9 Å². The van der Waals surface area contributed by atoms with Crippen LogP contribution in [0.15, 0.2) is 18.3 Å². The number of Topliss-reactive ketones (excluding diaryl/α,β-unsaturated/α-hetero) is 1. The molecule has 9 heteroatoms. The van der Waals surface area contributed by atoms with E-state index in [9.17, 15) is 14.4 Å². The van der Waals surface area contributed by atoms with Gasteiger partial charge in [-0.05, 0) is 12.1 Å². The Labute approximate surface area is 135 Å². The summed E-state index contributed by atoms with van der Waals surface area (Å²) in [6.07, 6.45) is 1.09. The monoisotopic (exact) mass is 355 g/mol. The van der Waals surface area contributed by atoms with E-state index in [1.165, 1.54) is 30.0 Å². The Balaban J connectivity index is 3.21. The Kier molecular flexibility index (Phi) is 6.07. The molecule has 1 aromatic heterocycles. The number of ketones is 1. The maximum atomic E-state index is 12.0. The van der Waals surface area contributed by atoms with Crippen molar-refractivity contribution in [3.05, 3.63) is 24.0 Å². The summed E-state index contributed by atoms with van der Waals surface area (Å²) in [6.45, 7) is 0. The molecule has 0 saturated heterocycles. The molecule has 0 aliphatic heterocycles. The zero-order valence-corrected chi connectivity index (χ0v) is 13.4. The van der Waals surface area contributed by atoms with Gasteiger partial charge in [-0.25, -0.2) is 4.79 Å². The van der Waals surface area contributed by atoms with E-state index in [0.29, 0.717) is 0 Å². The lowest BCUT2D eigenvalue weighted by Gasteiger charge is -2.19. The Morgan fingerprint density at radius 2 is 1.86 bits per heavy atom. The molecule has 21 heavy (non-hydrogen) atoms. The molecule has 1 rings (SSSR count). The second-order valence-electron chi connectivity index (χ2n) is 3.95. The first kappa shape index (κ1) is 17.8. The molecule has 1 unspecified atom stereocenters. The number of hydrogen-bond acceptors (Lipinski definition) is 5. The first-order chi connectivity index (χ1) is 9.72. The topological polar surface area (TPSA) is 74.6 Å². The van der Waals surface area contributed by atoms with Gasteiger partial charge >= 0.3 is 11.9 Å². The summed E-state index contributed by atoms with van der Waals surface area (Å²) in [4.78, 5) is 35.3. The third-order valence-electron chi connectivity index (χ3n) is 2.67. The second kappa shape index (κ2) is 7.15. The van der Waals surface area contributed by atoms with E-state index in [4.69, 9.17) is 34.8 Å². The SMILES string of the molecule is COC(=O)CC(C(=O)OC)n1cccc1C(=O)C(Cl)(Cl)Cl. The van der Waals surface area contributed by atoms with E-state index in [0.717, 1.165) is 7.11 Å². The number of carbonyl (C=O) groups is 3. The number of rotatable bonds is 5. The van der Waals surface area contributed by atoms with Gasteiger partial charge < -0.3 is 14.0 Å². The standard InChI is InChI=1S/C12H12Cl3NO5/c1-20-9(17)6-8(11(19)21-2)16-5-3-4-7(16)10(18)12(13,14)15/h3-5,8H,6H2,1-2H3. The molecule has 0 radical (unpaired) electrons. The van der Waals surface area contributed by atoms with Gasteiger partial charge in [0.2, 0.25) is 5.78 Å². The molecule has 1 heterocycles. The lowest BCUT2D eigenvalue weighted by atomic mass is 10.2. The average molecular weight is 357 g/mol. The van der Waals surface area contributed by atoms with Crippen LogP contribution in [0.25, 0.3) is 0 Å². The van der Waals surface area contributed by atoms with Crippen LogP contribution >= 0.6 is 34.8 Å². The van der Waals surface area contributed by atoms with E-state index in [-0.39, 0.29) is 12.1 Å². The Bertz CT molecular complexity index is 549. The van der Waals surface area contributed by atoms with Crippen molar-refractivity contribution in [1.82, 2.24) is 4.57 Å². The van der Waals surface area contributed by atoms with E-state index in [2.05, 4.69) is 9.47 Å². The summed E-state index contributed by atoms with van der Waals surface area (Å²) in [5.74, 6) is -2.20. The second-order valence-corrected chi connectivity index (χ2v) is 6.23. The number of nitrogens with zero attached hydrogens (tertiary/aromatic N) is 1. The van der Waals surface area contributed by atoms with Gasteiger partial charge in [0.25, 0.3) is 3.79 Å². The smallest absolute Gasteiger partial charge is 0.329 e. The van der Waals surface area contributed by atoms with Crippen LogP contribution in [0.3, 0.4) is 0 Å². The first-order valence-electron chi connectivity index (χ1n) is 5.65. The van der Waals surface area contributed by atoms with Crippen molar-refractivity contribution in [3.63, 3.8) is 0 Å². The van der Waals surface area contributed by atoms with Crippen molar-refractivity contribution in [1.29, 1.82) is 0 Å². The minimum Gasteiger partial charge on any atom is -0.469 e. The van der Waals surface area contributed by atoms with Crippen LogP contribution in [0.1, 0.15) is 23.0 Å². The quantitative estimate of drug-likeness (QED) is 0.460. The summed E-state index contributed by atoms with van der Waals surface area (Å²) >= 11 is 16.7. The highest BCUT2D eigenvalue weighted by Crippen LogP contribution is 2.32. The molecule has 0 fully saturated rings. The number of methoxy groups -OCH3 is 2. The molecular weight excluding hydrogens is 344 g/mol. The van der Waals surface area contributed by atoms with Gasteiger partial charge in [-0.2, -0.15) is 0 Å². The van der Waals surface area contributed by atoms with Gasteiger partial charge in [-0.1, -0.05) is 34.8 Å². The normalized spacial score (nSPS) is 12.6. The van der Waals surface area contributed by atoms with E-state index in [1.807, 2.05) is 0 Å². The van der Waals surface area contributed by atoms with Crippen molar-refractivity contribution in [2.75, 3.05) is 14.2 Å². The molecular formula is C12H12Cl3NO5. The fraction of sp³-hybridized carbons (Fsp3) is 0.417. The number of alkyl halides is 3. The van der Waals surface area contributed by atoms with Crippen LogP contribution in [0.4, 0.5) is 0 Å². The van der Waals surface area contributed by atoms with Crippen molar-refractivity contribution in [2.45, 2.75) is 16.3 Å². The summed E-state index contributed by atoms with van der Waals surface area (Å²) in [6, 6.07) is 1.76. The van der Waals surface area contributed by atoms with Gasteiger partial charge in [0, 0.05) is 6.20 Å². The van der Waals surface area contributed by atoms with Crippen molar-refractivity contribution >= 4 is 52.5 Å². The number of carbonyl (C=O) groups excluding carboxylic acids is 3. The van der Waals surface area contributed by atoms with Crippen LogP contribution in [-0.4, -0.2) is 40.3 Å². The van der Waals surface area contributed by atoms with Crippen LogP contribution in [0, 0.1) is 0 Å². The van der Waals surface area contributed by atoms with E-state index in [1.54, 1.807) is 0 Å². The maximum absolute atomic E-state index is 12.0. The summed E-state index contributed by atoms with van der Waals surface area (Å²) in [7, 11) is 2.34. The molecule has 0 aliphatic rings. The average Bonchev–Trinajstić information content (AvgIpc) is 2.90. The highest BCUT2D eigenvalue weighted by Gasteiger charge is 2.36. The molecule has 6 nitrogen and oxygen atoms in total. The minimum absolute atomic E-state index is 0.0331. The fourth-order valence-corrected chi connectivity index (χ4v) is 1.97. The Morgan fingerprint density at radius 1 is 1.24 bits per heavy atom. The molecule has 0 aliphatic carbocycles. The van der Waals surface area contributed by atoms with Crippen LogP contribution in [-0.2, 0) is 19.1 Å². The number of halogens is 3. The summed E-state index contributed by atoms with van der Waals surface area (Å²) in [5, 5.41) is 0. The van der Waals surface area contributed by atoms with E-state index >= 15 is 0 Å². The number of ether oxygens (including phenoxy) is 2. The van der Waals surface area contributed by atoms with Crippen LogP contribution in [0.2, 0.25) is 0 Å². The lowest BCUT2D eigenvalue weighted by Crippen LogP contribution is -2.29.